The van der Waals surface area contributed by atoms with Crippen molar-refractivity contribution in [3.05, 3.63) is 40.8 Å². The van der Waals surface area contributed by atoms with Crippen molar-refractivity contribution in [3.8, 4) is 5.75 Å². The number of nitrogens with one attached hydrogen (secondary N) is 1. The van der Waals surface area contributed by atoms with E-state index in [9.17, 15) is 0 Å². The van der Waals surface area contributed by atoms with Crippen LogP contribution in [0.15, 0.2) is 29.0 Å². The second-order valence-electron chi connectivity index (χ2n) is 4.48. The molecule has 108 valence electrons. The van der Waals surface area contributed by atoms with Gasteiger partial charge in [0.15, 0.2) is 0 Å². The quantitative estimate of drug-likeness (QED) is 0.798. The number of benzene rings is 1. The summed E-state index contributed by atoms with van der Waals surface area (Å²) in [6, 6.07) is 5.47. The van der Waals surface area contributed by atoms with Crippen LogP contribution in [-0.2, 0) is 6.54 Å². The third-order valence-electron chi connectivity index (χ3n) is 3.13. The van der Waals surface area contributed by atoms with Gasteiger partial charge in [0.25, 0.3) is 5.71 Å². The van der Waals surface area contributed by atoms with Crippen LogP contribution in [0.3, 0.4) is 0 Å². The van der Waals surface area contributed by atoms with Gasteiger partial charge in [-0.3, -0.25) is 0 Å². The van der Waals surface area contributed by atoms with E-state index in [0.29, 0.717) is 23.1 Å². The Morgan fingerprint density at radius 1 is 1.33 bits per heavy atom. The molecule has 0 aliphatic rings. The first-order valence-electron chi connectivity index (χ1n) is 6.32. The average Bonchev–Trinajstić information content (AvgIpc) is 2.87. The molecule has 3 aromatic rings. The van der Waals surface area contributed by atoms with Gasteiger partial charge in [-0.25, -0.2) is 4.98 Å². The summed E-state index contributed by atoms with van der Waals surface area (Å²) in [6.45, 7) is 2.36. The fourth-order valence-corrected chi connectivity index (χ4v) is 2.32. The highest BCUT2D eigenvalue weighted by Crippen LogP contribution is 2.26. The van der Waals surface area contributed by atoms with E-state index in [1.165, 1.54) is 6.33 Å². The van der Waals surface area contributed by atoms with Crippen molar-refractivity contribution < 1.29 is 9.26 Å². The molecule has 0 bridgehead atoms. The lowest BCUT2D eigenvalue weighted by atomic mass is 10.2. The Kier molecular flexibility index (Phi) is 3.62. The summed E-state index contributed by atoms with van der Waals surface area (Å²) in [5.41, 5.74) is 2.14. The maximum atomic E-state index is 6.02. The first kappa shape index (κ1) is 13.6. The van der Waals surface area contributed by atoms with Crippen LogP contribution in [-0.4, -0.2) is 22.2 Å². The van der Waals surface area contributed by atoms with Gasteiger partial charge in [-0.15, -0.1) is 0 Å². The number of fused-ring (bicyclic) bond motifs is 1. The zero-order valence-corrected chi connectivity index (χ0v) is 12.3. The van der Waals surface area contributed by atoms with E-state index in [-0.39, 0.29) is 0 Å². The van der Waals surface area contributed by atoms with Crippen molar-refractivity contribution in [2.24, 2.45) is 0 Å². The van der Waals surface area contributed by atoms with Crippen LogP contribution in [0, 0.1) is 6.92 Å². The van der Waals surface area contributed by atoms with Gasteiger partial charge < -0.3 is 14.6 Å². The standard InChI is InChI=1S/C14H13ClN4O2/c1-8-12-13(17-7-18-14(12)21-19-8)16-6-9-5-10(15)3-4-11(9)20-2/h3-5,7H,6H2,1-2H3,(H,16,17,18). The molecule has 6 nitrogen and oxygen atoms in total. The first-order valence-corrected chi connectivity index (χ1v) is 6.70. The smallest absolute Gasteiger partial charge is 0.263 e. The number of rotatable bonds is 4. The lowest BCUT2D eigenvalue weighted by molar-refractivity contribution is 0.410. The molecule has 0 atom stereocenters. The van der Waals surface area contributed by atoms with Gasteiger partial charge in [0.1, 0.15) is 23.3 Å². The molecule has 0 saturated carbocycles. The van der Waals surface area contributed by atoms with Crippen molar-refractivity contribution in [1.29, 1.82) is 0 Å². The summed E-state index contributed by atoms with van der Waals surface area (Å²) in [4.78, 5) is 8.28. The Bertz CT molecular complexity index is 788. The Morgan fingerprint density at radius 3 is 3.00 bits per heavy atom. The van der Waals surface area contributed by atoms with Crippen molar-refractivity contribution in [2.45, 2.75) is 13.5 Å². The van der Waals surface area contributed by atoms with Crippen LogP contribution in [0.2, 0.25) is 5.02 Å². The zero-order valence-electron chi connectivity index (χ0n) is 11.6. The topological polar surface area (TPSA) is 73.1 Å². The molecule has 0 aliphatic carbocycles. The molecule has 0 spiro atoms. The molecular formula is C14H13ClN4O2. The molecular weight excluding hydrogens is 292 g/mol. The minimum Gasteiger partial charge on any atom is -0.496 e. The second kappa shape index (κ2) is 5.57. The zero-order chi connectivity index (χ0) is 14.8. The largest absolute Gasteiger partial charge is 0.496 e. The minimum atomic E-state index is 0.461. The lowest BCUT2D eigenvalue weighted by Crippen LogP contribution is -2.04. The van der Waals surface area contributed by atoms with E-state index in [2.05, 4.69) is 20.4 Å². The minimum absolute atomic E-state index is 0.461. The predicted octanol–water partition coefficient (Wildman–Crippen LogP) is 3.20. The van der Waals surface area contributed by atoms with Crippen molar-refractivity contribution in [2.75, 3.05) is 12.4 Å². The van der Waals surface area contributed by atoms with E-state index in [1.54, 1.807) is 13.2 Å². The van der Waals surface area contributed by atoms with Crippen molar-refractivity contribution in [1.82, 2.24) is 15.1 Å². The molecule has 7 heteroatoms. The number of anilines is 1. The highest BCUT2D eigenvalue weighted by molar-refractivity contribution is 6.30. The first-order chi connectivity index (χ1) is 10.2. The summed E-state index contributed by atoms with van der Waals surface area (Å²) in [7, 11) is 1.62. The normalized spacial score (nSPS) is 10.8. The molecule has 0 radical (unpaired) electrons. The summed E-state index contributed by atoms with van der Waals surface area (Å²) in [6.07, 6.45) is 1.44. The molecule has 0 saturated heterocycles. The van der Waals surface area contributed by atoms with E-state index >= 15 is 0 Å². The van der Waals surface area contributed by atoms with Gasteiger partial charge in [0.05, 0.1) is 12.8 Å². The third kappa shape index (κ3) is 2.62. The molecule has 0 amide bonds. The highest BCUT2D eigenvalue weighted by atomic mass is 35.5. The molecule has 2 aromatic heterocycles. The van der Waals surface area contributed by atoms with Crippen LogP contribution in [0.1, 0.15) is 11.3 Å². The third-order valence-corrected chi connectivity index (χ3v) is 3.37. The number of halogens is 1. The van der Waals surface area contributed by atoms with Gasteiger partial charge in [-0.2, -0.15) is 4.98 Å². The summed E-state index contributed by atoms with van der Waals surface area (Å²) in [5.74, 6) is 1.43. The monoisotopic (exact) mass is 304 g/mol. The Balaban J connectivity index is 1.90. The Labute approximate surface area is 126 Å². The Morgan fingerprint density at radius 2 is 2.19 bits per heavy atom. The van der Waals surface area contributed by atoms with Crippen LogP contribution < -0.4 is 10.1 Å². The highest BCUT2D eigenvalue weighted by Gasteiger charge is 2.12. The van der Waals surface area contributed by atoms with Gasteiger partial charge in [0.2, 0.25) is 0 Å². The molecule has 0 aliphatic heterocycles. The molecule has 0 fully saturated rings. The predicted molar refractivity (Wildman–Crippen MR) is 79.7 cm³/mol. The fraction of sp³-hybridized carbons (Fsp3) is 0.214. The molecule has 3 rings (SSSR count). The van der Waals surface area contributed by atoms with Gasteiger partial charge in [-0.05, 0) is 25.1 Å². The number of methoxy groups -OCH3 is 1. The maximum Gasteiger partial charge on any atom is 0.263 e. The van der Waals surface area contributed by atoms with Crippen LogP contribution in [0.25, 0.3) is 11.1 Å². The van der Waals surface area contributed by atoms with Crippen molar-refractivity contribution in [3.63, 3.8) is 0 Å². The van der Waals surface area contributed by atoms with E-state index in [1.807, 2.05) is 19.1 Å². The number of aromatic nitrogens is 3. The van der Waals surface area contributed by atoms with Crippen LogP contribution >= 0.6 is 11.6 Å². The van der Waals surface area contributed by atoms with E-state index in [0.717, 1.165) is 22.4 Å². The number of hydrogen-bond donors (Lipinski definition) is 1. The summed E-state index contributed by atoms with van der Waals surface area (Å²) < 4.78 is 10.4. The van der Waals surface area contributed by atoms with Crippen molar-refractivity contribution >= 4 is 28.5 Å². The number of ether oxygens (including phenoxy) is 1. The average molecular weight is 305 g/mol. The molecule has 0 unspecified atom stereocenters. The van der Waals surface area contributed by atoms with Gasteiger partial charge >= 0.3 is 0 Å². The molecule has 21 heavy (non-hydrogen) atoms. The lowest BCUT2D eigenvalue weighted by Gasteiger charge is -2.10. The second-order valence-corrected chi connectivity index (χ2v) is 4.92. The Hall–Kier alpha value is -2.34. The SMILES string of the molecule is COc1ccc(Cl)cc1CNc1ncnc2onc(C)c12. The molecule has 1 aromatic carbocycles. The number of hydrogen-bond acceptors (Lipinski definition) is 6. The number of nitrogens with zero attached hydrogens (tertiary/aromatic N) is 3. The van der Waals surface area contributed by atoms with Gasteiger partial charge in [-0.1, -0.05) is 16.8 Å². The summed E-state index contributed by atoms with van der Waals surface area (Å²) in [5, 5.41) is 8.57. The summed E-state index contributed by atoms with van der Waals surface area (Å²) >= 11 is 6.02. The van der Waals surface area contributed by atoms with Crippen LogP contribution in [0.5, 0.6) is 5.75 Å². The number of aryl methyl sites for hydroxylation is 1. The van der Waals surface area contributed by atoms with E-state index < -0.39 is 0 Å². The van der Waals surface area contributed by atoms with Crippen LogP contribution in [0.4, 0.5) is 5.82 Å². The van der Waals surface area contributed by atoms with Gasteiger partial charge in [0, 0.05) is 17.1 Å². The maximum absolute atomic E-state index is 6.02. The molecule has 1 N–H and O–H groups in total. The van der Waals surface area contributed by atoms with E-state index in [4.69, 9.17) is 20.9 Å². The molecule has 2 heterocycles. The fourth-order valence-electron chi connectivity index (χ4n) is 2.12.